The summed E-state index contributed by atoms with van der Waals surface area (Å²) in [6, 6.07) is 11.2. The van der Waals surface area contributed by atoms with Crippen molar-refractivity contribution in [1.82, 2.24) is 9.21 Å². The fraction of sp³-hybridized carbons (Fsp3) is 0.333. The summed E-state index contributed by atoms with van der Waals surface area (Å²) >= 11 is 5.82. The van der Waals surface area contributed by atoms with Gasteiger partial charge in [0.2, 0.25) is 15.9 Å². The number of hydrogen-bond donors (Lipinski definition) is 0. The SMILES string of the molecule is O=C(CCC(=O)N1CCCN(S(=O)(=O)c2ccc(F)cc2)CC1)c1ccc(Cl)cc1. The van der Waals surface area contributed by atoms with Gasteiger partial charge in [-0.1, -0.05) is 11.6 Å². The molecule has 0 atom stereocenters. The zero-order valence-corrected chi connectivity index (χ0v) is 17.8. The lowest BCUT2D eigenvalue weighted by atomic mass is 10.1. The highest BCUT2D eigenvalue weighted by molar-refractivity contribution is 7.89. The van der Waals surface area contributed by atoms with Crippen LogP contribution in [0.25, 0.3) is 0 Å². The van der Waals surface area contributed by atoms with E-state index in [1.807, 2.05) is 0 Å². The summed E-state index contributed by atoms with van der Waals surface area (Å²) in [5, 5.41) is 0.535. The number of rotatable bonds is 6. The van der Waals surface area contributed by atoms with Crippen LogP contribution in [-0.2, 0) is 14.8 Å². The van der Waals surface area contributed by atoms with Gasteiger partial charge in [0.1, 0.15) is 5.82 Å². The largest absolute Gasteiger partial charge is 0.341 e. The van der Waals surface area contributed by atoms with Crippen molar-refractivity contribution in [2.24, 2.45) is 0 Å². The van der Waals surface area contributed by atoms with Gasteiger partial charge in [-0.25, -0.2) is 12.8 Å². The van der Waals surface area contributed by atoms with E-state index >= 15 is 0 Å². The summed E-state index contributed by atoms with van der Waals surface area (Å²) in [7, 11) is -3.75. The Labute approximate surface area is 180 Å². The molecule has 0 unspecified atom stereocenters. The summed E-state index contributed by atoms with van der Waals surface area (Å²) in [6.07, 6.45) is 0.623. The lowest BCUT2D eigenvalue weighted by Crippen LogP contribution is -2.37. The number of amides is 1. The minimum atomic E-state index is -3.75. The summed E-state index contributed by atoms with van der Waals surface area (Å²) in [5.74, 6) is -0.830. The second-order valence-electron chi connectivity index (χ2n) is 7.02. The molecule has 0 aromatic heterocycles. The number of carbonyl (C=O) groups is 2. The number of ketones is 1. The van der Waals surface area contributed by atoms with Gasteiger partial charge in [-0.2, -0.15) is 4.31 Å². The molecule has 30 heavy (non-hydrogen) atoms. The zero-order chi connectivity index (χ0) is 21.7. The van der Waals surface area contributed by atoms with Gasteiger partial charge < -0.3 is 4.90 Å². The Morgan fingerprint density at radius 2 is 1.57 bits per heavy atom. The molecule has 1 aliphatic rings. The van der Waals surface area contributed by atoms with Crippen LogP contribution in [0.1, 0.15) is 29.6 Å². The smallest absolute Gasteiger partial charge is 0.243 e. The van der Waals surface area contributed by atoms with Crippen LogP contribution in [0.4, 0.5) is 4.39 Å². The van der Waals surface area contributed by atoms with Crippen molar-refractivity contribution in [3.05, 3.63) is 64.9 Å². The summed E-state index contributed by atoms with van der Waals surface area (Å²) < 4.78 is 39.9. The van der Waals surface area contributed by atoms with Crippen LogP contribution in [-0.4, -0.2) is 55.5 Å². The number of benzene rings is 2. The van der Waals surface area contributed by atoms with Gasteiger partial charge in [0.05, 0.1) is 4.90 Å². The average Bonchev–Trinajstić information content (AvgIpc) is 2.99. The maximum absolute atomic E-state index is 13.1. The van der Waals surface area contributed by atoms with Crippen molar-refractivity contribution in [2.45, 2.75) is 24.2 Å². The van der Waals surface area contributed by atoms with Gasteiger partial charge in [-0.05, 0) is 55.0 Å². The molecule has 0 saturated carbocycles. The molecule has 6 nitrogen and oxygen atoms in total. The molecule has 0 N–H and O–H groups in total. The molecule has 1 heterocycles. The third-order valence-electron chi connectivity index (χ3n) is 4.99. The Balaban J connectivity index is 1.56. The fourth-order valence-corrected chi connectivity index (χ4v) is 4.89. The molecule has 9 heteroatoms. The number of carbonyl (C=O) groups excluding carboxylic acids is 2. The zero-order valence-electron chi connectivity index (χ0n) is 16.3. The molecule has 0 aliphatic carbocycles. The minimum absolute atomic E-state index is 0.0252. The Morgan fingerprint density at radius 1 is 0.900 bits per heavy atom. The van der Waals surface area contributed by atoms with Crippen LogP contribution in [0.15, 0.2) is 53.4 Å². The van der Waals surface area contributed by atoms with E-state index in [0.29, 0.717) is 23.6 Å². The minimum Gasteiger partial charge on any atom is -0.341 e. The van der Waals surface area contributed by atoms with Gasteiger partial charge in [-0.3, -0.25) is 9.59 Å². The molecule has 0 bridgehead atoms. The van der Waals surface area contributed by atoms with E-state index in [4.69, 9.17) is 11.6 Å². The molecule has 2 aromatic carbocycles. The summed E-state index contributed by atoms with van der Waals surface area (Å²) in [5.41, 5.74) is 0.500. The lowest BCUT2D eigenvalue weighted by molar-refractivity contribution is -0.131. The molecular formula is C21H22ClFN2O4S. The lowest BCUT2D eigenvalue weighted by Gasteiger charge is -2.22. The highest BCUT2D eigenvalue weighted by Crippen LogP contribution is 2.19. The molecule has 160 valence electrons. The van der Waals surface area contributed by atoms with Crippen LogP contribution >= 0.6 is 11.6 Å². The molecule has 1 aliphatic heterocycles. The topological polar surface area (TPSA) is 74.8 Å². The second-order valence-corrected chi connectivity index (χ2v) is 9.40. The number of nitrogens with zero attached hydrogens (tertiary/aromatic N) is 2. The van der Waals surface area contributed by atoms with Crippen molar-refractivity contribution in [1.29, 1.82) is 0 Å². The van der Waals surface area contributed by atoms with Crippen molar-refractivity contribution in [3.8, 4) is 0 Å². The predicted octanol–water partition coefficient (Wildman–Crippen LogP) is 3.37. The monoisotopic (exact) mass is 452 g/mol. The van der Waals surface area contributed by atoms with Crippen molar-refractivity contribution >= 4 is 33.3 Å². The molecule has 1 fully saturated rings. The van der Waals surface area contributed by atoms with Gasteiger partial charge in [0.25, 0.3) is 0 Å². The van der Waals surface area contributed by atoms with Crippen LogP contribution < -0.4 is 0 Å². The first-order valence-electron chi connectivity index (χ1n) is 9.59. The van der Waals surface area contributed by atoms with E-state index in [1.165, 1.54) is 16.4 Å². The molecule has 0 spiro atoms. The average molecular weight is 453 g/mol. The van der Waals surface area contributed by atoms with Crippen LogP contribution in [0.5, 0.6) is 0 Å². The Hall–Kier alpha value is -2.29. The highest BCUT2D eigenvalue weighted by atomic mass is 35.5. The second kappa shape index (κ2) is 9.68. The molecule has 2 aromatic rings. The van der Waals surface area contributed by atoms with Gasteiger partial charge in [0.15, 0.2) is 5.78 Å². The first-order chi connectivity index (χ1) is 14.3. The Morgan fingerprint density at radius 3 is 2.23 bits per heavy atom. The Kier molecular flexibility index (Phi) is 7.23. The summed E-state index contributed by atoms with van der Waals surface area (Å²) in [6.45, 7) is 1.08. The maximum Gasteiger partial charge on any atom is 0.243 e. The number of Topliss-reactive ketones (excluding diaryl/α,β-unsaturated/α-hetero) is 1. The van der Waals surface area contributed by atoms with Gasteiger partial charge in [-0.15, -0.1) is 0 Å². The van der Waals surface area contributed by atoms with E-state index in [0.717, 1.165) is 12.1 Å². The normalized spacial score (nSPS) is 15.6. The van der Waals surface area contributed by atoms with E-state index in [-0.39, 0.29) is 49.1 Å². The van der Waals surface area contributed by atoms with Crippen LogP contribution in [0.2, 0.25) is 5.02 Å². The maximum atomic E-state index is 13.1. The number of hydrogen-bond acceptors (Lipinski definition) is 4. The van der Waals surface area contributed by atoms with Gasteiger partial charge in [0, 0.05) is 49.6 Å². The molecule has 1 amide bonds. The van der Waals surface area contributed by atoms with Crippen LogP contribution in [0.3, 0.4) is 0 Å². The standard InChI is InChI=1S/C21H22ClFN2O4S/c22-17-4-2-16(3-5-17)20(26)10-11-21(27)24-12-1-13-25(15-14-24)30(28,29)19-8-6-18(23)7-9-19/h2-9H,1,10-15H2. The highest BCUT2D eigenvalue weighted by Gasteiger charge is 2.28. The van der Waals surface area contributed by atoms with E-state index in [9.17, 15) is 22.4 Å². The van der Waals surface area contributed by atoms with Crippen molar-refractivity contribution in [2.75, 3.05) is 26.2 Å². The third-order valence-corrected chi connectivity index (χ3v) is 7.16. The molecule has 0 radical (unpaired) electrons. The Bertz CT molecular complexity index is 1010. The first-order valence-corrected chi connectivity index (χ1v) is 11.4. The predicted molar refractivity (Wildman–Crippen MR) is 111 cm³/mol. The fourth-order valence-electron chi connectivity index (χ4n) is 3.30. The molecular weight excluding hydrogens is 431 g/mol. The third kappa shape index (κ3) is 5.44. The van der Waals surface area contributed by atoms with Crippen LogP contribution in [0, 0.1) is 5.82 Å². The number of halogens is 2. The summed E-state index contributed by atoms with van der Waals surface area (Å²) in [4.78, 5) is 26.4. The van der Waals surface area contributed by atoms with E-state index in [1.54, 1.807) is 29.2 Å². The molecule has 3 rings (SSSR count). The first kappa shape index (κ1) is 22.4. The quantitative estimate of drug-likeness (QED) is 0.630. The van der Waals surface area contributed by atoms with Crippen molar-refractivity contribution < 1.29 is 22.4 Å². The van der Waals surface area contributed by atoms with E-state index < -0.39 is 15.8 Å². The molecule has 1 saturated heterocycles. The number of sulfonamides is 1. The van der Waals surface area contributed by atoms with Crippen molar-refractivity contribution in [3.63, 3.8) is 0 Å². The van der Waals surface area contributed by atoms with Gasteiger partial charge >= 0.3 is 0 Å². The van der Waals surface area contributed by atoms with E-state index in [2.05, 4.69) is 0 Å².